The number of anilines is 1. The molecule has 1 aromatic carbocycles. The largest absolute Gasteiger partial charge is 0.442 e. The fourth-order valence-corrected chi connectivity index (χ4v) is 1.95. The molecule has 2 rings (SSSR count). The molecule has 0 aliphatic carbocycles. The molecule has 0 aromatic heterocycles. The average Bonchev–Trinajstić information content (AvgIpc) is 2.28. The SMILES string of the molecule is CC(C)(OC=O)N1CC=Cc2ccccc21. The van der Waals surface area contributed by atoms with E-state index in [9.17, 15) is 4.79 Å². The Morgan fingerprint density at radius 1 is 1.38 bits per heavy atom. The van der Waals surface area contributed by atoms with E-state index in [1.54, 1.807) is 0 Å². The van der Waals surface area contributed by atoms with Crippen LogP contribution < -0.4 is 4.90 Å². The zero-order valence-corrected chi connectivity index (χ0v) is 9.51. The highest BCUT2D eigenvalue weighted by Crippen LogP contribution is 2.31. The van der Waals surface area contributed by atoms with E-state index in [0.29, 0.717) is 6.47 Å². The third kappa shape index (κ3) is 1.81. The van der Waals surface area contributed by atoms with Crippen molar-refractivity contribution < 1.29 is 9.53 Å². The molecule has 1 heterocycles. The number of hydrogen-bond acceptors (Lipinski definition) is 3. The van der Waals surface area contributed by atoms with Crippen molar-refractivity contribution in [3.63, 3.8) is 0 Å². The third-order valence-electron chi connectivity index (χ3n) is 2.80. The molecule has 0 fully saturated rings. The Hall–Kier alpha value is -1.77. The summed E-state index contributed by atoms with van der Waals surface area (Å²) in [6.45, 7) is 5.02. The zero-order valence-electron chi connectivity index (χ0n) is 9.51. The lowest BCUT2D eigenvalue weighted by atomic mass is 10.1. The molecule has 16 heavy (non-hydrogen) atoms. The van der Waals surface area contributed by atoms with Gasteiger partial charge in [0.15, 0.2) is 5.72 Å². The quantitative estimate of drug-likeness (QED) is 0.728. The van der Waals surface area contributed by atoms with Crippen LogP contribution >= 0.6 is 0 Å². The summed E-state index contributed by atoms with van der Waals surface area (Å²) in [4.78, 5) is 12.6. The van der Waals surface area contributed by atoms with Crippen molar-refractivity contribution in [1.82, 2.24) is 0 Å². The highest BCUT2D eigenvalue weighted by molar-refractivity contribution is 5.72. The van der Waals surface area contributed by atoms with E-state index in [0.717, 1.165) is 17.8 Å². The number of carbonyl (C=O) groups excluding carboxylic acids is 1. The van der Waals surface area contributed by atoms with Crippen molar-refractivity contribution in [1.29, 1.82) is 0 Å². The smallest absolute Gasteiger partial charge is 0.295 e. The number of ether oxygens (including phenoxy) is 1. The average molecular weight is 217 g/mol. The van der Waals surface area contributed by atoms with E-state index in [1.165, 1.54) is 0 Å². The molecule has 3 heteroatoms. The molecule has 84 valence electrons. The van der Waals surface area contributed by atoms with Crippen LogP contribution in [0.2, 0.25) is 0 Å². The van der Waals surface area contributed by atoms with Crippen molar-refractivity contribution in [2.75, 3.05) is 11.4 Å². The highest BCUT2D eigenvalue weighted by Gasteiger charge is 2.30. The maximum absolute atomic E-state index is 10.5. The summed E-state index contributed by atoms with van der Waals surface area (Å²) >= 11 is 0. The fraction of sp³-hybridized carbons (Fsp3) is 0.308. The molecular formula is C13H15NO2. The molecular weight excluding hydrogens is 202 g/mol. The number of nitrogens with zero attached hydrogens (tertiary/aromatic N) is 1. The van der Waals surface area contributed by atoms with Crippen LogP contribution in [0.15, 0.2) is 30.3 Å². The number of fused-ring (bicyclic) bond motifs is 1. The van der Waals surface area contributed by atoms with Crippen LogP contribution in [0.3, 0.4) is 0 Å². The first-order valence-corrected chi connectivity index (χ1v) is 5.30. The van der Waals surface area contributed by atoms with Gasteiger partial charge in [-0.05, 0) is 25.5 Å². The van der Waals surface area contributed by atoms with Crippen LogP contribution in [0.5, 0.6) is 0 Å². The van der Waals surface area contributed by atoms with E-state index in [1.807, 2.05) is 32.0 Å². The number of para-hydroxylation sites is 1. The number of benzene rings is 1. The van der Waals surface area contributed by atoms with Gasteiger partial charge in [-0.25, -0.2) is 0 Å². The minimum Gasteiger partial charge on any atom is -0.442 e. The van der Waals surface area contributed by atoms with Gasteiger partial charge in [-0.3, -0.25) is 4.79 Å². The van der Waals surface area contributed by atoms with Gasteiger partial charge in [0.25, 0.3) is 6.47 Å². The first kappa shape index (κ1) is 10.7. The Morgan fingerprint density at radius 2 is 2.12 bits per heavy atom. The van der Waals surface area contributed by atoms with Gasteiger partial charge < -0.3 is 9.64 Å². The number of hydrogen-bond donors (Lipinski definition) is 0. The van der Waals surface area contributed by atoms with Crippen LogP contribution in [0, 0.1) is 0 Å². The lowest BCUT2D eigenvalue weighted by Gasteiger charge is -2.40. The molecule has 1 aliphatic heterocycles. The molecule has 0 saturated carbocycles. The standard InChI is InChI=1S/C13H15NO2/c1-13(2,16-10-15)14-9-5-7-11-6-3-4-8-12(11)14/h3-8,10H,9H2,1-2H3. The molecule has 0 saturated heterocycles. The van der Waals surface area contributed by atoms with Gasteiger partial charge in [0.2, 0.25) is 0 Å². The van der Waals surface area contributed by atoms with Crippen molar-refractivity contribution in [3.05, 3.63) is 35.9 Å². The maximum atomic E-state index is 10.5. The number of rotatable bonds is 3. The van der Waals surface area contributed by atoms with Gasteiger partial charge in [-0.1, -0.05) is 30.4 Å². The lowest BCUT2D eigenvalue weighted by molar-refractivity contribution is -0.140. The Kier molecular flexibility index (Phi) is 2.69. The van der Waals surface area contributed by atoms with Crippen LogP contribution in [0.4, 0.5) is 5.69 Å². The Labute approximate surface area is 95.3 Å². The summed E-state index contributed by atoms with van der Waals surface area (Å²) in [5.41, 5.74) is 1.62. The van der Waals surface area contributed by atoms with Gasteiger partial charge in [0.1, 0.15) is 0 Å². The molecule has 0 radical (unpaired) electrons. The second-order valence-corrected chi connectivity index (χ2v) is 4.23. The van der Waals surface area contributed by atoms with E-state index < -0.39 is 5.72 Å². The van der Waals surface area contributed by atoms with E-state index in [2.05, 4.69) is 23.1 Å². The monoisotopic (exact) mass is 217 g/mol. The van der Waals surface area contributed by atoms with Gasteiger partial charge in [0.05, 0.1) is 0 Å². The zero-order chi connectivity index (χ0) is 11.6. The van der Waals surface area contributed by atoms with Gasteiger partial charge >= 0.3 is 0 Å². The van der Waals surface area contributed by atoms with Crippen molar-refractivity contribution >= 4 is 18.2 Å². The number of carbonyl (C=O) groups is 1. The molecule has 0 atom stereocenters. The predicted molar refractivity (Wildman–Crippen MR) is 64.1 cm³/mol. The van der Waals surface area contributed by atoms with Crippen LogP contribution in [-0.4, -0.2) is 18.7 Å². The summed E-state index contributed by atoms with van der Waals surface area (Å²) in [6, 6.07) is 8.08. The molecule has 1 aromatic rings. The van der Waals surface area contributed by atoms with E-state index >= 15 is 0 Å². The van der Waals surface area contributed by atoms with Crippen molar-refractivity contribution in [2.45, 2.75) is 19.6 Å². The predicted octanol–water partition coefficient (Wildman–Crippen LogP) is 2.43. The second kappa shape index (κ2) is 4.00. The third-order valence-corrected chi connectivity index (χ3v) is 2.80. The second-order valence-electron chi connectivity index (χ2n) is 4.23. The van der Waals surface area contributed by atoms with Crippen molar-refractivity contribution in [2.24, 2.45) is 0 Å². The molecule has 0 amide bonds. The molecule has 0 N–H and O–H groups in total. The van der Waals surface area contributed by atoms with Gasteiger partial charge in [-0.15, -0.1) is 0 Å². The summed E-state index contributed by atoms with van der Waals surface area (Å²) in [5.74, 6) is 0. The lowest BCUT2D eigenvalue weighted by Crippen LogP contribution is -2.47. The minimum absolute atomic E-state index is 0.501. The molecule has 0 bridgehead atoms. The summed E-state index contributed by atoms with van der Waals surface area (Å²) in [6.07, 6.45) is 4.15. The summed E-state index contributed by atoms with van der Waals surface area (Å²) in [5, 5.41) is 0. The first-order chi connectivity index (χ1) is 7.65. The first-order valence-electron chi connectivity index (χ1n) is 5.30. The Bertz CT molecular complexity index is 424. The molecule has 3 nitrogen and oxygen atoms in total. The van der Waals surface area contributed by atoms with Gasteiger partial charge in [-0.2, -0.15) is 0 Å². The minimum atomic E-state index is -0.622. The van der Waals surface area contributed by atoms with Gasteiger partial charge in [0, 0.05) is 12.2 Å². The van der Waals surface area contributed by atoms with Crippen LogP contribution in [-0.2, 0) is 9.53 Å². The molecule has 0 unspecified atom stereocenters. The normalized spacial score (nSPS) is 14.5. The molecule has 1 aliphatic rings. The molecule has 0 spiro atoms. The van der Waals surface area contributed by atoms with Crippen LogP contribution in [0.1, 0.15) is 19.4 Å². The summed E-state index contributed by atoms with van der Waals surface area (Å²) in [7, 11) is 0. The highest BCUT2D eigenvalue weighted by atomic mass is 16.6. The van der Waals surface area contributed by atoms with E-state index in [-0.39, 0.29) is 0 Å². The van der Waals surface area contributed by atoms with Crippen molar-refractivity contribution in [3.8, 4) is 0 Å². The topological polar surface area (TPSA) is 29.5 Å². The Balaban J connectivity index is 2.38. The maximum Gasteiger partial charge on any atom is 0.295 e. The van der Waals surface area contributed by atoms with Crippen LogP contribution in [0.25, 0.3) is 6.08 Å². The Morgan fingerprint density at radius 3 is 2.88 bits per heavy atom. The van der Waals surface area contributed by atoms with E-state index in [4.69, 9.17) is 4.74 Å². The summed E-state index contributed by atoms with van der Waals surface area (Å²) < 4.78 is 5.14. The fourth-order valence-electron chi connectivity index (χ4n) is 1.95.